The van der Waals surface area contributed by atoms with Crippen LogP contribution in [0.2, 0.25) is 0 Å². The molecule has 3 aromatic carbocycles. The van der Waals surface area contributed by atoms with E-state index >= 15 is 0 Å². The van der Waals surface area contributed by atoms with Crippen LogP contribution in [0.1, 0.15) is 53.5 Å². The van der Waals surface area contributed by atoms with Crippen molar-refractivity contribution in [3.05, 3.63) is 101 Å². The number of fused-ring (bicyclic) bond motifs is 2. The van der Waals surface area contributed by atoms with E-state index in [1.807, 2.05) is 30.3 Å². The van der Waals surface area contributed by atoms with Crippen molar-refractivity contribution in [2.45, 2.75) is 51.4 Å². The molecular formula is C25H29SiTi-3. The van der Waals surface area contributed by atoms with Gasteiger partial charge in [0, 0.05) is 0 Å². The van der Waals surface area contributed by atoms with Crippen LogP contribution in [0.15, 0.2) is 66.7 Å². The summed E-state index contributed by atoms with van der Waals surface area (Å²) in [6.45, 7) is 3.72. The molecule has 0 N–H and O–H groups in total. The molecule has 2 aliphatic rings. The molecule has 2 heteroatoms. The molecule has 0 unspecified atom stereocenters. The molecule has 140 valence electrons. The second-order valence-electron chi connectivity index (χ2n) is 7.05. The number of hydrogen-bond donors (Lipinski definition) is 0. The molecule has 5 rings (SSSR count). The average Bonchev–Trinajstić information content (AvgIpc) is 3.40. The van der Waals surface area contributed by atoms with Crippen molar-refractivity contribution in [3.63, 3.8) is 0 Å². The maximum absolute atomic E-state index is 3.72. The fourth-order valence-electron chi connectivity index (χ4n) is 3.70. The average molecular weight is 405 g/mol. The summed E-state index contributed by atoms with van der Waals surface area (Å²) in [5, 5.41) is 0. The fourth-order valence-corrected chi connectivity index (χ4v) is 3.70. The maximum Gasteiger partial charge on any atom is -0.0512 e. The first-order valence-corrected chi connectivity index (χ1v) is 12.8. The largest absolute Gasteiger partial charge is 0.210 e. The van der Waals surface area contributed by atoms with E-state index in [4.69, 9.17) is 0 Å². The Morgan fingerprint density at radius 3 is 1.48 bits per heavy atom. The third kappa shape index (κ3) is 7.70. The zero-order chi connectivity index (χ0) is 19.3. The quantitative estimate of drug-likeness (QED) is 0.315. The van der Waals surface area contributed by atoms with Crippen LogP contribution >= 0.6 is 0 Å². The molecule has 0 nitrogen and oxygen atoms in total. The first-order valence-electron chi connectivity index (χ1n) is 9.92. The molecule has 2 aliphatic carbocycles. The van der Waals surface area contributed by atoms with Crippen LogP contribution in [0.3, 0.4) is 0 Å². The molecule has 0 heterocycles. The minimum absolute atomic E-state index is 1.07. The van der Waals surface area contributed by atoms with Crippen LogP contribution in [-0.4, -0.2) is 7.63 Å². The van der Waals surface area contributed by atoms with Gasteiger partial charge in [0.2, 0.25) is 0 Å². The monoisotopic (exact) mass is 405 g/mol. The fraction of sp³-hybridized carbons (Fsp3) is 0.320. The van der Waals surface area contributed by atoms with Gasteiger partial charge in [-0.3, -0.25) is 0 Å². The van der Waals surface area contributed by atoms with Crippen LogP contribution in [0.4, 0.5) is 0 Å². The summed E-state index contributed by atoms with van der Waals surface area (Å²) in [6, 6.07) is 23.3. The molecule has 27 heavy (non-hydrogen) atoms. The normalized spacial score (nSPS) is 13.9. The Hall–Kier alpha value is -1.28. The topological polar surface area (TPSA) is 0 Å². The summed E-state index contributed by atoms with van der Waals surface area (Å²) in [7, 11) is 2.97. The Labute approximate surface area is 179 Å². The second-order valence-corrected chi connectivity index (χ2v) is 7.05. The van der Waals surface area contributed by atoms with Gasteiger partial charge in [-0.2, -0.15) is 71.1 Å². The Morgan fingerprint density at radius 1 is 0.667 bits per heavy atom. The van der Waals surface area contributed by atoms with E-state index in [0.717, 1.165) is 5.56 Å². The number of aryl methyl sites for hydroxylation is 4. The van der Waals surface area contributed by atoms with Crippen LogP contribution < -0.4 is 0 Å². The molecule has 0 amide bonds. The van der Waals surface area contributed by atoms with Crippen LogP contribution in [0.5, 0.6) is 0 Å². The zero-order valence-electron chi connectivity index (χ0n) is 16.2. The Kier molecular flexibility index (Phi) is 10.6. The van der Waals surface area contributed by atoms with Gasteiger partial charge in [0.05, 0.1) is 0 Å². The van der Waals surface area contributed by atoms with Gasteiger partial charge in [0.1, 0.15) is 0 Å². The van der Waals surface area contributed by atoms with Gasteiger partial charge in [-0.05, 0) is 0 Å². The Balaban J connectivity index is 0.000000140. The van der Waals surface area contributed by atoms with E-state index in [-0.39, 0.29) is 0 Å². The van der Waals surface area contributed by atoms with Gasteiger partial charge in [0.15, 0.2) is 0 Å². The Morgan fingerprint density at radius 2 is 1.11 bits per heavy atom. The predicted octanol–water partition coefficient (Wildman–Crippen LogP) is 6.05. The molecule has 2 radical (unpaired) electrons. The minimum Gasteiger partial charge on any atom is -0.210 e. The SMILES string of the molecule is [CH2-]c1ccccc1.[Si]=[Ti].c1cc2c([cH-]1)CCCC2.c1cc2c([cH-]1)CCCC2. The molecule has 3 aromatic rings. The molecule has 0 saturated carbocycles. The summed E-state index contributed by atoms with van der Waals surface area (Å²) in [5.41, 5.74) is 7.47. The molecule has 0 spiro atoms. The van der Waals surface area contributed by atoms with Gasteiger partial charge in [-0.1, -0.05) is 57.4 Å². The summed E-state index contributed by atoms with van der Waals surface area (Å²) < 4.78 is 0. The van der Waals surface area contributed by atoms with Crippen molar-refractivity contribution in [2.75, 3.05) is 0 Å². The first kappa shape index (κ1) is 22.0. The molecule has 0 fully saturated rings. The molecule has 0 aliphatic heterocycles. The summed E-state index contributed by atoms with van der Waals surface area (Å²) in [4.78, 5) is 0. The standard InChI is InChI=1S/2C9H11.C7H7.Si.Ti/c2*1-2-5-9-7-3-6-8(9)4-1;1-7-5-3-2-4-6-7;;/h2*3,6-7H,1-2,4-5H2;2-6H,1H2;;/q3*-1;;. The predicted molar refractivity (Wildman–Crippen MR) is 114 cm³/mol. The smallest absolute Gasteiger partial charge is 0.0512 e. The van der Waals surface area contributed by atoms with E-state index in [9.17, 15) is 0 Å². The van der Waals surface area contributed by atoms with Crippen molar-refractivity contribution in [2.24, 2.45) is 0 Å². The number of benzene rings is 1. The second kappa shape index (κ2) is 13.0. The van der Waals surface area contributed by atoms with Gasteiger partial charge < -0.3 is 0 Å². The van der Waals surface area contributed by atoms with E-state index in [0.29, 0.717) is 0 Å². The summed E-state index contributed by atoms with van der Waals surface area (Å²) in [6.07, 6.45) is 10.9. The molecule has 0 aromatic heterocycles. The summed E-state index contributed by atoms with van der Waals surface area (Å²) >= 11 is 1.81. The van der Waals surface area contributed by atoms with Gasteiger partial charge in [-0.25, -0.2) is 12.1 Å². The number of rotatable bonds is 0. The third-order valence-electron chi connectivity index (χ3n) is 5.14. The van der Waals surface area contributed by atoms with E-state index in [1.165, 1.54) is 51.4 Å². The van der Waals surface area contributed by atoms with E-state index in [1.54, 1.807) is 41.4 Å². The zero-order valence-corrected chi connectivity index (χ0v) is 18.8. The van der Waals surface area contributed by atoms with Gasteiger partial charge >= 0.3 is 26.8 Å². The van der Waals surface area contributed by atoms with Crippen LogP contribution in [0, 0.1) is 6.92 Å². The molecular weight excluding hydrogens is 376 g/mol. The molecule has 0 bridgehead atoms. The van der Waals surface area contributed by atoms with Crippen molar-refractivity contribution in [1.82, 2.24) is 0 Å². The molecule has 0 saturated heterocycles. The van der Waals surface area contributed by atoms with Crippen molar-refractivity contribution in [1.29, 1.82) is 0 Å². The first-order chi connectivity index (χ1) is 13.3. The minimum atomic E-state index is 1.07. The van der Waals surface area contributed by atoms with Crippen molar-refractivity contribution >= 4 is 7.63 Å². The third-order valence-corrected chi connectivity index (χ3v) is 5.14. The van der Waals surface area contributed by atoms with Crippen LogP contribution in [-0.2, 0) is 44.9 Å². The summed E-state index contributed by atoms with van der Waals surface area (Å²) in [5.74, 6) is 0. The van der Waals surface area contributed by atoms with E-state index in [2.05, 4.69) is 51.0 Å². The maximum atomic E-state index is 3.72. The van der Waals surface area contributed by atoms with Gasteiger partial charge in [0.25, 0.3) is 0 Å². The Bertz CT molecular complexity index is 666. The van der Waals surface area contributed by atoms with Crippen molar-refractivity contribution in [3.8, 4) is 0 Å². The van der Waals surface area contributed by atoms with Crippen molar-refractivity contribution < 1.29 is 19.2 Å². The van der Waals surface area contributed by atoms with E-state index < -0.39 is 0 Å². The number of hydrogen-bond acceptors (Lipinski definition) is 0. The van der Waals surface area contributed by atoms with Gasteiger partial charge in [-0.15, -0.1) is 12.1 Å². The van der Waals surface area contributed by atoms with Crippen LogP contribution in [0.25, 0.3) is 0 Å². The molecule has 0 atom stereocenters.